The molecule has 0 fully saturated rings. The quantitative estimate of drug-likeness (QED) is 0.841. The Bertz CT molecular complexity index is 562. The van der Waals surface area contributed by atoms with Crippen molar-refractivity contribution in [3.63, 3.8) is 0 Å². The minimum Gasteiger partial charge on any atom is -0.351 e. The van der Waals surface area contributed by atoms with E-state index < -0.39 is 11.5 Å². The van der Waals surface area contributed by atoms with Crippen molar-refractivity contribution in [2.24, 2.45) is 0 Å². The Kier molecular flexibility index (Phi) is 8.34. The molecule has 0 aliphatic rings. The smallest absolute Gasteiger partial charge is 0.286 e. The zero-order valence-corrected chi connectivity index (χ0v) is 12.2. The van der Waals surface area contributed by atoms with Crippen LogP contribution in [0.3, 0.4) is 0 Å². The topological polar surface area (TPSA) is 64.0 Å². The fourth-order valence-electron chi connectivity index (χ4n) is 1.38. The second-order valence-corrected chi connectivity index (χ2v) is 3.34. The number of nitrogens with zero attached hydrogens (tertiary/aromatic N) is 2. The largest absolute Gasteiger partial charge is 0.351 e. The summed E-state index contributed by atoms with van der Waals surface area (Å²) in [6, 6.07) is 0. The van der Waals surface area contributed by atoms with Crippen LogP contribution in [-0.2, 0) is 0 Å². The first-order valence-electron chi connectivity index (χ1n) is 6.47. The van der Waals surface area contributed by atoms with E-state index in [1.807, 2.05) is 13.8 Å². The van der Waals surface area contributed by atoms with E-state index in [4.69, 9.17) is 0 Å². The molecule has 1 N–H and O–H groups in total. The second kappa shape index (κ2) is 9.49. The molecule has 1 rings (SSSR count). The normalized spacial score (nSPS) is 10.1. The van der Waals surface area contributed by atoms with E-state index in [0.717, 1.165) is 0 Å². The maximum absolute atomic E-state index is 12.1. The minimum absolute atomic E-state index is 0. The fourth-order valence-corrected chi connectivity index (χ4v) is 1.38. The van der Waals surface area contributed by atoms with E-state index in [1.165, 1.54) is 29.1 Å². The summed E-state index contributed by atoms with van der Waals surface area (Å²) in [6.07, 6.45) is 7.53. The van der Waals surface area contributed by atoms with Gasteiger partial charge in [-0.3, -0.25) is 14.2 Å². The van der Waals surface area contributed by atoms with Gasteiger partial charge < -0.3 is 5.32 Å². The summed E-state index contributed by atoms with van der Waals surface area (Å²) in [5.74, 6) is -0.487. The Balaban J connectivity index is 0. The van der Waals surface area contributed by atoms with Gasteiger partial charge in [0.2, 0.25) is 0 Å². The van der Waals surface area contributed by atoms with Crippen LogP contribution in [0.5, 0.6) is 0 Å². The molecule has 0 aliphatic carbocycles. The van der Waals surface area contributed by atoms with Crippen LogP contribution in [-0.4, -0.2) is 22.0 Å². The zero-order chi connectivity index (χ0) is 15.5. The van der Waals surface area contributed by atoms with Crippen LogP contribution < -0.4 is 10.9 Å². The highest BCUT2D eigenvalue weighted by Crippen LogP contribution is 2.02. The minimum atomic E-state index is -0.489. The maximum atomic E-state index is 12.1. The highest BCUT2D eigenvalue weighted by atomic mass is 16.2. The molecule has 0 spiro atoms. The van der Waals surface area contributed by atoms with E-state index >= 15 is 0 Å². The number of hydrogen-bond donors (Lipinski definition) is 1. The summed E-state index contributed by atoms with van der Waals surface area (Å²) in [4.78, 5) is 27.5. The summed E-state index contributed by atoms with van der Waals surface area (Å²) in [5, 5.41) is 2.54. The molecule has 0 aromatic carbocycles. The van der Waals surface area contributed by atoms with Gasteiger partial charge in [-0.2, -0.15) is 0 Å². The predicted molar refractivity (Wildman–Crippen MR) is 84.6 cm³/mol. The molecule has 110 valence electrons. The molecule has 20 heavy (non-hydrogen) atoms. The van der Waals surface area contributed by atoms with Gasteiger partial charge in [0, 0.05) is 26.1 Å². The Morgan fingerprint density at radius 3 is 2.65 bits per heavy atom. The lowest BCUT2D eigenvalue weighted by atomic mass is 10.3. The van der Waals surface area contributed by atoms with Gasteiger partial charge in [0.15, 0.2) is 5.69 Å². The Morgan fingerprint density at radius 1 is 1.50 bits per heavy atom. The summed E-state index contributed by atoms with van der Waals surface area (Å²) >= 11 is 0. The first-order chi connectivity index (χ1) is 9.65. The zero-order valence-electron chi connectivity index (χ0n) is 12.2. The molecule has 1 amide bonds. The molecule has 0 bridgehead atoms. The maximum Gasteiger partial charge on any atom is 0.286 e. The number of aromatic nitrogens is 2. The van der Waals surface area contributed by atoms with Crippen LogP contribution in [0.1, 0.15) is 32.7 Å². The number of rotatable bonds is 5. The number of nitrogens with one attached hydrogen (secondary N) is 1. The first-order valence-corrected chi connectivity index (χ1v) is 6.47. The molecular formula is C15H23N3O2. The van der Waals surface area contributed by atoms with Gasteiger partial charge in [0.05, 0.1) is 0 Å². The lowest BCUT2D eigenvalue weighted by Gasteiger charge is -2.07. The average Bonchev–Trinajstić information content (AvgIpc) is 2.47. The highest BCUT2D eigenvalue weighted by molar-refractivity contribution is 5.92. The van der Waals surface area contributed by atoms with Gasteiger partial charge in [-0.05, 0) is 19.1 Å². The number of hydrogen-bond acceptors (Lipinski definition) is 3. The van der Waals surface area contributed by atoms with Crippen LogP contribution in [0.4, 0.5) is 0 Å². The SMILES string of the molecule is C=C/C=C(\C=C)n1ccnc(C(=O)NCC)c1=O.CC.[HH]. The number of carbonyl (C=O) groups excluding carboxylic acids is 1. The average molecular weight is 277 g/mol. The molecule has 0 saturated heterocycles. The molecule has 0 saturated carbocycles. The molecule has 0 aliphatic heterocycles. The molecule has 5 nitrogen and oxygen atoms in total. The highest BCUT2D eigenvalue weighted by Gasteiger charge is 2.13. The third-order valence-electron chi connectivity index (χ3n) is 2.17. The third kappa shape index (κ3) is 4.35. The monoisotopic (exact) mass is 277 g/mol. The van der Waals surface area contributed by atoms with Crippen LogP contribution in [0, 0.1) is 0 Å². The van der Waals surface area contributed by atoms with Crippen molar-refractivity contribution >= 4 is 11.6 Å². The van der Waals surface area contributed by atoms with Crippen molar-refractivity contribution in [1.29, 1.82) is 0 Å². The van der Waals surface area contributed by atoms with E-state index in [0.29, 0.717) is 12.2 Å². The van der Waals surface area contributed by atoms with Gasteiger partial charge in [-0.25, -0.2) is 4.98 Å². The van der Waals surface area contributed by atoms with Crippen molar-refractivity contribution in [3.8, 4) is 0 Å². The molecule has 1 heterocycles. The Hall–Kier alpha value is -2.43. The third-order valence-corrected chi connectivity index (χ3v) is 2.17. The van der Waals surface area contributed by atoms with Gasteiger partial charge in [0.1, 0.15) is 0 Å². The van der Waals surface area contributed by atoms with E-state index in [9.17, 15) is 9.59 Å². The summed E-state index contributed by atoms with van der Waals surface area (Å²) < 4.78 is 1.30. The Morgan fingerprint density at radius 2 is 2.15 bits per heavy atom. The molecule has 0 atom stereocenters. The molecule has 1 aromatic heterocycles. The van der Waals surface area contributed by atoms with Gasteiger partial charge in [0.25, 0.3) is 11.5 Å². The van der Waals surface area contributed by atoms with E-state index in [2.05, 4.69) is 23.5 Å². The van der Waals surface area contributed by atoms with Crippen LogP contribution in [0.2, 0.25) is 0 Å². The molecule has 0 unspecified atom stereocenters. The van der Waals surface area contributed by atoms with Crippen molar-refractivity contribution in [1.82, 2.24) is 14.9 Å². The van der Waals surface area contributed by atoms with Crippen LogP contribution in [0.25, 0.3) is 5.70 Å². The van der Waals surface area contributed by atoms with Crippen LogP contribution in [0.15, 0.2) is 48.6 Å². The lowest BCUT2D eigenvalue weighted by molar-refractivity contribution is 0.0949. The first kappa shape index (κ1) is 17.6. The second-order valence-electron chi connectivity index (χ2n) is 3.34. The lowest BCUT2D eigenvalue weighted by Crippen LogP contribution is -2.33. The van der Waals surface area contributed by atoms with Crippen molar-refractivity contribution in [2.75, 3.05) is 6.54 Å². The summed E-state index contributed by atoms with van der Waals surface area (Å²) in [5.41, 5.74) is -0.101. The fraction of sp³-hybridized carbons (Fsp3) is 0.267. The standard InChI is InChI=1S/C13H15N3O2.C2H6.H2/c1-4-7-10(5-2)16-9-8-15-11(13(16)18)12(17)14-6-3;1-2;/h4-5,7-9H,1-2,6H2,3H3,(H,14,17);1-2H3;1H/b10-7+;;. The number of amides is 1. The van der Waals surface area contributed by atoms with Crippen molar-refractivity contribution in [2.45, 2.75) is 20.8 Å². The number of allylic oxidation sites excluding steroid dienone is 4. The summed E-state index contributed by atoms with van der Waals surface area (Å²) in [7, 11) is 0. The van der Waals surface area contributed by atoms with Crippen molar-refractivity contribution < 1.29 is 6.22 Å². The molecule has 1 aromatic rings. The summed E-state index contributed by atoms with van der Waals surface area (Å²) in [6.45, 7) is 13.4. The van der Waals surface area contributed by atoms with Crippen LogP contribution >= 0.6 is 0 Å². The molecule has 5 heteroatoms. The molecular weight excluding hydrogens is 254 g/mol. The van der Waals surface area contributed by atoms with E-state index in [-0.39, 0.29) is 7.12 Å². The Labute approximate surface area is 120 Å². The molecule has 0 radical (unpaired) electrons. The van der Waals surface area contributed by atoms with E-state index in [1.54, 1.807) is 13.0 Å². The van der Waals surface area contributed by atoms with Crippen molar-refractivity contribution in [3.05, 3.63) is 59.8 Å². The van der Waals surface area contributed by atoms with Gasteiger partial charge >= 0.3 is 0 Å². The van der Waals surface area contributed by atoms with Gasteiger partial charge in [-0.15, -0.1) is 0 Å². The number of carbonyl (C=O) groups is 1. The van der Waals surface area contributed by atoms with Gasteiger partial charge in [-0.1, -0.05) is 33.1 Å². The predicted octanol–water partition coefficient (Wildman–Crippen LogP) is 2.48.